The zero-order chi connectivity index (χ0) is 14.2. The van der Waals surface area contributed by atoms with Gasteiger partial charge in [-0.3, -0.25) is 0 Å². The molecule has 0 aromatic heterocycles. The van der Waals surface area contributed by atoms with Crippen molar-refractivity contribution < 1.29 is 4.74 Å². The molecule has 1 aromatic carbocycles. The maximum absolute atomic E-state index is 5.57. The Hall–Kier alpha value is -1.06. The lowest BCUT2D eigenvalue weighted by molar-refractivity contribution is 0.133. The molecule has 3 heteroatoms. The summed E-state index contributed by atoms with van der Waals surface area (Å²) < 4.78 is 5.57. The van der Waals surface area contributed by atoms with Gasteiger partial charge >= 0.3 is 0 Å². The lowest BCUT2D eigenvalue weighted by atomic mass is 9.91. The molecule has 114 valence electrons. The summed E-state index contributed by atoms with van der Waals surface area (Å²) in [6.07, 6.45) is 6.68. The second-order valence-corrected chi connectivity index (χ2v) is 7.06. The number of hydrogen-bond acceptors (Lipinski definition) is 3. The highest BCUT2D eigenvalue weighted by atomic mass is 16.5. The van der Waals surface area contributed by atoms with Crippen LogP contribution in [0.15, 0.2) is 18.2 Å². The molecule has 0 saturated carbocycles. The standard InChI is InChI=1S/C18H26N2O/c1-20-16-3-4-17(20)10-14(9-16)12-19-11-13-2-5-18-15(8-13)6-7-21-18/h2,5,8,14,16-17,19H,3-4,6-7,9-12H2,1H3. The lowest BCUT2D eigenvalue weighted by Crippen LogP contribution is -2.42. The molecule has 2 atom stereocenters. The summed E-state index contributed by atoms with van der Waals surface area (Å²) in [5.74, 6) is 1.96. The van der Waals surface area contributed by atoms with Gasteiger partial charge in [-0.25, -0.2) is 0 Å². The molecule has 21 heavy (non-hydrogen) atoms. The molecule has 3 heterocycles. The largest absolute Gasteiger partial charge is 0.493 e. The van der Waals surface area contributed by atoms with Crippen molar-refractivity contribution in [3.05, 3.63) is 29.3 Å². The SMILES string of the molecule is CN1C2CCC1CC(CNCc1ccc3c(c1)CCO3)C2. The van der Waals surface area contributed by atoms with Crippen molar-refractivity contribution >= 4 is 0 Å². The van der Waals surface area contributed by atoms with Crippen LogP contribution in [0.5, 0.6) is 5.75 Å². The van der Waals surface area contributed by atoms with Crippen LogP contribution in [0.2, 0.25) is 0 Å². The van der Waals surface area contributed by atoms with E-state index in [2.05, 4.69) is 35.5 Å². The van der Waals surface area contributed by atoms with Gasteiger partial charge in [-0.1, -0.05) is 12.1 Å². The van der Waals surface area contributed by atoms with Gasteiger partial charge < -0.3 is 15.0 Å². The average Bonchev–Trinajstić information content (AvgIpc) is 3.01. The third-order valence-electron chi connectivity index (χ3n) is 5.71. The summed E-state index contributed by atoms with van der Waals surface area (Å²) in [6.45, 7) is 3.02. The van der Waals surface area contributed by atoms with Crippen molar-refractivity contribution in [3.63, 3.8) is 0 Å². The van der Waals surface area contributed by atoms with E-state index in [-0.39, 0.29) is 0 Å². The van der Waals surface area contributed by atoms with E-state index in [4.69, 9.17) is 4.74 Å². The molecule has 0 spiro atoms. The first-order valence-corrected chi connectivity index (χ1v) is 8.47. The minimum absolute atomic E-state index is 0.852. The van der Waals surface area contributed by atoms with E-state index in [1.165, 1.54) is 43.4 Å². The summed E-state index contributed by atoms with van der Waals surface area (Å²) in [6, 6.07) is 8.36. The highest BCUT2D eigenvalue weighted by Crippen LogP contribution is 2.37. The summed E-state index contributed by atoms with van der Waals surface area (Å²) in [7, 11) is 2.32. The Morgan fingerprint density at radius 2 is 2.05 bits per heavy atom. The Labute approximate surface area is 127 Å². The topological polar surface area (TPSA) is 24.5 Å². The van der Waals surface area contributed by atoms with Gasteiger partial charge in [0.25, 0.3) is 0 Å². The molecule has 3 nitrogen and oxygen atoms in total. The van der Waals surface area contributed by atoms with Gasteiger partial charge in [0.2, 0.25) is 0 Å². The number of nitrogens with zero attached hydrogens (tertiary/aromatic N) is 1. The van der Waals surface area contributed by atoms with Crippen LogP contribution in [0.4, 0.5) is 0 Å². The fourth-order valence-corrected chi connectivity index (χ4v) is 4.46. The van der Waals surface area contributed by atoms with E-state index >= 15 is 0 Å². The minimum atomic E-state index is 0.852. The Morgan fingerprint density at radius 1 is 1.24 bits per heavy atom. The molecule has 2 bridgehead atoms. The number of fused-ring (bicyclic) bond motifs is 3. The van der Waals surface area contributed by atoms with E-state index in [0.717, 1.165) is 43.3 Å². The van der Waals surface area contributed by atoms with Crippen LogP contribution < -0.4 is 10.1 Å². The van der Waals surface area contributed by atoms with Crippen LogP contribution in [0.3, 0.4) is 0 Å². The van der Waals surface area contributed by atoms with Crippen molar-refractivity contribution in [3.8, 4) is 5.75 Å². The van der Waals surface area contributed by atoms with Crippen LogP contribution >= 0.6 is 0 Å². The molecular weight excluding hydrogens is 260 g/mol. The molecule has 2 saturated heterocycles. The van der Waals surface area contributed by atoms with Crippen molar-refractivity contribution in [1.82, 2.24) is 10.2 Å². The predicted octanol–water partition coefficient (Wildman–Crippen LogP) is 2.58. The number of nitrogens with one attached hydrogen (secondary N) is 1. The minimum Gasteiger partial charge on any atom is -0.493 e. The van der Waals surface area contributed by atoms with Crippen molar-refractivity contribution in [2.24, 2.45) is 5.92 Å². The molecule has 4 rings (SSSR count). The van der Waals surface area contributed by atoms with E-state index in [9.17, 15) is 0 Å². The van der Waals surface area contributed by atoms with Gasteiger partial charge in [0.1, 0.15) is 5.75 Å². The zero-order valence-corrected chi connectivity index (χ0v) is 13.0. The third-order valence-corrected chi connectivity index (χ3v) is 5.71. The highest BCUT2D eigenvalue weighted by Gasteiger charge is 2.37. The van der Waals surface area contributed by atoms with E-state index in [1.54, 1.807) is 0 Å². The smallest absolute Gasteiger partial charge is 0.122 e. The average molecular weight is 286 g/mol. The Kier molecular flexibility index (Phi) is 3.64. The number of hydrogen-bond donors (Lipinski definition) is 1. The summed E-state index contributed by atoms with van der Waals surface area (Å²) in [5, 5.41) is 3.69. The Bertz CT molecular complexity index is 502. The number of piperidine rings is 1. The quantitative estimate of drug-likeness (QED) is 0.921. The molecule has 1 aromatic rings. The van der Waals surface area contributed by atoms with Gasteiger partial charge in [-0.05, 0) is 62.4 Å². The van der Waals surface area contributed by atoms with Gasteiger partial charge in [0.05, 0.1) is 6.61 Å². The third kappa shape index (κ3) is 2.69. The van der Waals surface area contributed by atoms with E-state index < -0.39 is 0 Å². The van der Waals surface area contributed by atoms with Gasteiger partial charge in [-0.2, -0.15) is 0 Å². The number of rotatable bonds is 4. The molecule has 2 fully saturated rings. The summed E-state index contributed by atoms with van der Waals surface area (Å²) >= 11 is 0. The van der Waals surface area contributed by atoms with Gasteiger partial charge in [0, 0.05) is 25.0 Å². The summed E-state index contributed by atoms with van der Waals surface area (Å²) in [4.78, 5) is 2.62. The molecule has 0 amide bonds. The maximum atomic E-state index is 5.57. The van der Waals surface area contributed by atoms with Crippen molar-refractivity contribution in [1.29, 1.82) is 0 Å². The van der Waals surface area contributed by atoms with Gasteiger partial charge in [-0.15, -0.1) is 0 Å². The first-order chi connectivity index (χ1) is 10.3. The molecule has 0 aliphatic carbocycles. The predicted molar refractivity (Wildman–Crippen MR) is 84.6 cm³/mol. The van der Waals surface area contributed by atoms with E-state index in [1.807, 2.05) is 0 Å². The van der Waals surface area contributed by atoms with E-state index in [0.29, 0.717) is 0 Å². The second kappa shape index (κ2) is 5.62. The normalized spacial score (nSPS) is 31.2. The maximum Gasteiger partial charge on any atom is 0.122 e. The first kappa shape index (κ1) is 13.6. The fourth-order valence-electron chi connectivity index (χ4n) is 4.46. The van der Waals surface area contributed by atoms with Crippen LogP contribution in [-0.4, -0.2) is 37.2 Å². The van der Waals surface area contributed by atoms with Crippen LogP contribution in [0, 0.1) is 5.92 Å². The van der Waals surface area contributed by atoms with Gasteiger partial charge in [0.15, 0.2) is 0 Å². The number of benzene rings is 1. The Balaban J connectivity index is 1.28. The monoisotopic (exact) mass is 286 g/mol. The first-order valence-electron chi connectivity index (χ1n) is 8.47. The highest BCUT2D eigenvalue weighted by molar-refractivity contribution is 5.39. The molecule has 3 aliphatic rings. The lowest BCUT2D eigenvalue weighted by Gasteiger charge is -2.36. The molecule has 3 aliphatic heterocycles. The Morgan fingerprint density at radius 3 is 2.86 bits per heavy atom. The van der Waals surface area contributed by atoms with Crippen LogP contribution in [0.1, 0.15) is 36.8 Å². The van der Waals surface area contributed by atoms with Crippen molar-refractivity contribution in [2.75, 3.05) is 20.2 Å². The molecular formula is C18H26N2O. The number of ether oxygens (including phenoxy) is 1. The second-order valence-electron chi connectivity index (χ2n) is 7.06. The molecule has 1 N–H and O–H groups in total. The zero-order valence-electron chi connectivity index (χ0n) is 13.0. The summed E-state index contributed by atoms with van der Waals surface area (Å²) in [5.41, 5.74) is 2.78. The van der Waals surface area contributed by atoms with Crippen molar-refractivity contribution in [2.45, 2.75) is 50.7 Å². The fraction of sp³-hybridized carbons (Fsp3) is 0.667. The van der Waals surface area contributed by atoms with Crippen LogP contribution in [-0.2, 0) is 13.0 Å². The molecule has 2 unspecified atom stereocenters. The molecule has 0 radical (unpaired) electrons. The van der Waals surface area contributed by atoms with Crippen LogP contribution in [0.25, 0.3) is 0 Å².